The molecule has 0 aromatic rings. The Bertz CT molecular complexity index is 252. The van der Waals surface area contributed by atoms with Gasteiger partial charge in [0.05, 0.1) is 0 Å². The SMILES string of the molecule is CC(C)(C)C(Cl)OC(=O)C=CC(=O)O. The van der Waals surface area contributed by atoms with Crippen LogP contribution < -0.4 is 0 Å². The number of carboxylic acids is 1. The molecule has 0 aliphatic heterocycles. The molecule has 1 unspecified atom stereocenters. The van der Waals surface area contributed by atoms with Gasteiger partial charge in [0.15, 0.2) is 5.56 Å². The van der Waals surface area contributed by atoms with Crippen molar-refractivity contribution in [2.75, 3.05) is 0 Å². The van der Waals surface area contributed by atoms with Gasteiger partial charge < -0.3 is 9.84 Å². The molecular weight excluding hydrogens is 208 g/mol. The maximum absolute atomic E-state index is 10.9. The lowest BCUT2D eigenvalue weighted by atomic mass is 9.98. The van der Waals surface area contributed by atoms with Crippen LogP contribution in [0.2, 0.25) is 0 Å². The van der Waals surface area contributed by atoms with Crippen LogP contribution in [0.15, 0.2) is 12.2 Å². The Kier molecular flexibility index (Phi) is 4.63. The van der Waals surface area contributed by atoms with Gasteiger partial charge in [0.2, 0.25) is 0 Å². The third kappa shape index (κ3) is 5.59. The molecule has 0 aliphatic carbocycles. The van der Waals surface area contributed by atoms with E-state index in [4.69, 9.17) is 21.4 Å². The lowest BCUT2D eigenvalue weighted by molar-refractivity contribution is -0.143. The van der Waals surface area contributed by atoms with Gasteiger partial charge in [-0.2, -0.15) is 0 Å². The van der Waals surface area contributed by atoms with E-state index in [1.165, 1.54) is 0 Å². The summed E-state index contributed by atoms with van der Waals surface area (Å²) in [5.41, 5.74) is -1.16. The first kappa shape index (κ1) is 13.0. The first-order chi connectivity index (χ1) is 6.23. The lowest BCUT2D eigenvalue weighted by Crippen LogP contribution is -2.25. The molecule has 0 radical (unpaired) electrons. The molecule has 0 saturated carbocycles. The summed E-state index contributed by atoms with van der Waals surface area (Å²) in [4.78, 5) is 21.0. The number of carbonyl (C=O) groups excluding carboxylic acids is 1. The predicted octanol–water partition coefficient (Wildman–Crippen LogP) is 1.78. The highest BCUT2D eigenvalue weighted by Crippen LogP contribution is 2.25. The highest BCUT2D eigenvalue weighted by molar-refractivity contribution is 6.20. The molecule has 80 valence electrons. The maximum atomic E-state index is 10.9. The smallest absolute Gasteiger partial charge is 0.332 e. The maximum Gasteiger partial charge on any atom is 0.332 e. The van der Waals surface area contributed by atoms with Crippen molar-refractivity contribution in [2.24, 2.45) is 5.41 Å². The molecule has 0 fully saturated rings. The molecule has 0 aromatic carbocycles. The molecular formula is C9H13ClO4. The lowest BCUT2D eigenvalue weighted by Gasteiger charge is -2.23. The Labute approximate surface area is 87.5 Å². The van der Waals surface area contributed by atoms with Crippen molar-refractivity contribution in [2.45, 2.75) is 26.3 Å². The minimum Gasteiger partial charge on any atom is -0.478 e. The summed E-state index contributed by atoms with van der Waals surface area (Å²) in [6.07, 6.45) is 1.53. The summed E-state index contributed by atoms with van der Waals surface area (Å²) in [6, 6.07) is 0. The monoisotopic (exact) mass is 220 g/mol. The van der Waals surface area contributed by atoms with E-state index in [0.29, 0.717) is 6.08 Å². The van der Waals surface area contributed by atoms with Crippen molar-refractivity contribution >= 4 is 23.5 Å². The van der Waals surface area contributed by atoms with Crippen LogP contribution in [0.3, 0.4) is 0 Å². The summed E-state index contributed by atoms with van der Waals surface area (Å²) in [6.45, 7) is 5.41. The molecule has 14 heavy (non-hydrogen) atoms. The summed E-state index contributed by atoms with van der Waals surface area (Å²) in [5.74, 6) is -1.97. The molecule has 0 amide bonds. The molecule has 0 aromatic heterocycles. The number of ether oxygens (including phenoxy) is 1. The normalized spacial score (nSPS) is 14.0. The Hall–Kier alpha value is -1.03. The molecule has 0 bridgehead atoms. The van der Waals surface area contributed by atoms with Crippen LogP contribution in [0.5, 0.6) is 0 Å². The van der Waals surface area contributed by atoms with Crippen molar-refractivity contribution in [3.8, 4) is 0 Å². The van der Waals surface area contributed by atoms with E-state index in [0.717, 1.165) is 6.08 Å². The number of halogens is 1. The van der Waals surface area contributed by atoms with E-state index in [1.807, 2.05) is 0 Å². The number of hydrogen-bond donors (Lipinski definition) is 1. The van der Waals surface area contributed by atoms with Crippen molar-refractivity contribution in [3.63, 3.8) is 0 Å². The van der Waals surface area contributed by atoms with E-state index in [-0.39, 0.29) is 5.41 Å². The molecule has 1 atom stereocenters. The number of hydrogen-bond acceptors (Lipinski definition) is 3. The molecule has 0 saturated heterocycles. The molecule has 0 spiro atoms. The van der Waals surface area contributed by atoms with Crippen LogP contribution in [0, 0.1) is 5.41 Å². The third-order valence-electron chi connectivity index (χ3n) is 1.26. The van der Waals surface area contributed by atoms with Gasteiger partial charge in [0, 0.05) is 17.6 Å². The second-order valence-electron chi connectivity index (χ2n) is 3.79. The summed E-state index contributed by atoms with van der Waals surface area (Å²) >= 11 is 5.74. The zero-order valence-corrected chi connectivity index (χ0v) is 9.04. The Morgan fingerprint density at radius 1 is 1.36 bits per heavy atom. The van der Waals surface area contributed by atoms with Crippen LogP contribution in [-0.4, -0.2) is 22.6 Å². The fourth-order valence-electron chi connectivity index (χ4n) is 0.457. The number of rotatable bonds is 3. The van der Waals surface area contributed by atoms with Crippen LogP contribution in [0.4, 0.5) is 0 Å². The largest absolute Gasteiger partial charge is 0.478 e. The number of aliphatic carboxylic acids is 1. The van der Waals surface area contributed by atoms with Gasteiger partial charge in [-0.25, -0.2) is 9.59 Å². The number of alkyl halides is 1. The third-order valence-corrected chi connectivity index (χ3v) is 2.01. The average Bonchev–Trinajstić information content (AvgIpc) is 1.99. The first-order valence-electron chi connectivity index (χ1n) is 3.99. The van der Waals surface area contributed by atoms with Gasteiger partial charge in [0.1, 0.15) is 0 Å². The van der Waals surface area contributed by atoms with Gasteiger partial charge in [-0.15, -0.1) is 0 Å². The summed E-state index contributed by atoms with van der Waals surface area (Å²) < 4.78 is 4.74. The highest BCUT2D eigenvalue weighted by atomic mass is 35.5. The zero-order valence-electron chi connectivity index (χ0n) is 8.28. The Morgan fingerprint density at radius 2 is 1.86 bits per heavy atom. The van der Waals surface area contributed by atoms with Crippen molar-refractivity contribution in [3.05, 3.63) is 12.2 Å². The predicted molar refractivity (Wildman–Crippen MR) is 52.0 cm³/mol. The quantitative estimate of drug-likeness (QED) is 0.447. The molecule has 0 heterocycles. The van der Waals surface area contributed by atoms with Crippen LogP contribution in [0.1, 0.15) is 20.8 Å². The first-order valence-corrected chi connectivity index (χ1v) is 4.43. The second-order valence-corrected chi connectivity index (χ2v) is 4.19. The molecule has 4 nitrogen and oxygen atoms in total. The number of carboxylic acid groups (broad SMARTS) is 1. The fraction of sp³-hybridized carbons (Fsp3) is 0.556. The zero-order chi connectivity index (χ0) is 11.4. The van der Waals surface area contributed by atoms with Crippen molar-refractivity contribution in [1.29, 1.82) is 0 Å². The average molecular weight is 221 g/mol. The standard InChI is InChI=1S/C9H13ClO4/c1-9(2,3)8(10)14-7(13)5-4-6(11)12/h4-5,8H,1-3H3,(H,11,12). The van der Waals surface area contributed by atoms with Crippen LogP contribution in [0.25, 0.3) is 0 Å². The van der Waals surface area contributed by atoms with Crippen molar-refractivity contribution in [1.82, 2.24) is 0 Å². The summed E-state index contributed by atoms with van der Waals surface area (Å²) in [5, 5.41) is 8.23. The van der Waals surface area contributed by atoms with Crippen LogP contribution >= 0.6 is 11.6 Å². The van der Waals surface area contributed by atoms with E-state index in [2.05, 4.69) is 0 Å². The van der Waals surface area contributed by atoms with E-state index < -0.39 is 17.5 Å². The number of esters is 1. The fourth-order valence-corrected chi connectivity index (χ4v) is 0.545. The number of carbonyl (C=O) groups is 2. The van der Waals surface area contributed by atoms with Gasteiger partial charge in [-0.05, 0) is 0 Å². The summed E-state index contributed by atoms with van der Waals surface area (Å²) in [7, 11) is 0. The van der Waals surface area contributed by atoms with Gasteiger partial charge in [0.25, 0.3) is 0 Å². The van der Waals surface area contributed by atoms with E-state index >= 15 is 0 Å². The van der Waals surface area contributed by atoms with Gasteiger partial charge >= 0.3 is 11.9 Å². The molecule has 1 N–H and O–H groups in total. The Balaban J connectivity index is 4.14. The van der Waals surface area contributed by atoms with Crippen LogP contribution in [-0.2, 0) is 14.3 Å². The molecule has 0 rings (SSSR count). The van der Waals surface area contributed by atoms with Gasteiger partial charge in [-0.1, -0.05) is 32.4 Å². The highest BCUT2D eigenvalue weighted by Gasteiger charge is 2.25. The van der Waals surface area contributed by atoms with Gasteiger partial charge in [-0.3, -0.25) is 0 Å². The Morgan fingerprint density at radius 3 is 2.21 bits per heavy atom. The molecule has 0 aliphatic rings. The minimum atomic E-state index is -1.20. The van der Waals surface area contributed by atoms with E-state index in [1.54, 1.807) is 20.8 Å². The van der Waals surface area contributed by atoms with Crippen molar-refractivity contribution < 1.29 is 19.4 Å². The van der Waals surface area contributed by atoms with E-state index in [9.17, 15) is 9.59 Å². The second kappa shape index (κ2) is 5.00. The minimum absolute atomic E-state index is 0.381. The topological polar surface area (TPSA) is 63.6 Å². The molecule has 5 heteroatoms.